The fourth-order valence-electron chi connectivity index (χ4n) is 2.94. The van der Waals surface area contributed by atoms with Crippen molar-refractivity contribution >= 4 is 35.6 Å². The van der Waals surface area contributed by atoms with E-state index in [1.54, 1.807) is 4.90 Å². The number of piperidine rings is 1. The molecule has 2 fully saturated rings. The van der Waals surface area contributed by atoms with Gasteiger partial charge in [-0.25, -0.2) is 0 Å². The number of thiophene rings is 1. The first-order valence-electron chi connectivity index (χ1n) is 7.09. The van der Waals surface area contributed by atoms with E-state index in [-0.39, 0.29) is 30.1 Å². The number of nitrogens with one attached hydrogen (secondary N) is 2. The Morgan fingerprint density at radius 2 is 2.05 bits per heavy atom. The topological polar surface area (TPSA) is 61.4 Å². The minimum Gasteiger partial charge on any atom is -0.352 e. The van der Waals surface area contributed by atoms with Gasteiger partial charge in [-0.2, -0.15) is 0 Å². The predicted molar refractivity (Wildman–Crippen MR) is 84.6 cm³/mol. The molecule has 2 N–H and O–H groups in total. The van der Waals surface area contributed by atoms with Crippen LogP contribution in [-0.2, 0) is 9.59 Å². The first kappa shape index (κ1) is 16.3. The molecular formula is C14H20ClN3O2S. The van der Waals surface area contributed by atoms with Crippen molar-refractivity contribution in [1.82, 2.24) is 15.5 Å². The van der Waals surface area contributed by atoms with Crippen molar-refractivity contribution in [3.05, 3.63) is 22.4 Å². The summed E-state index contributed by atoms with van der Waals surface area (Å²) in [7, 11) is 0. The van der Waals surface area contributed by atoms with Crippen LogP contribution in [0.3, 0.4) is 0 Å². The third-order valence-corrected chi connectivity index (χ3v) is 4.92. The molecule has 2 aliphatic heterocycles. The molecule has 2 amide bonds. The maximum absolute atomic E-state index is 12.7. The van der Waals surface area contributed by atoms with Crippen LogP contribution in [0.25, 0.3) is 0 Å². The molecule has 5 nitrogen and oxygen atoms in total. The van der Waals surface area contributed by atoms with Gasteiger partial charge in [0.2, 0.25) is 11.8 Å². The summed E-state index contributed by atoms with van der Waals surface area (Å²) in [5.74, 6) is 0.144. The third kappa shape index (κ3) is 3.39. The maximum atomic E-state index is 12.7. The lowest BCUT2D eigenvalue weighted by atomic mass is 9.95. The SMILES string of the molecule is Cl.O=C1NCCN(C(=O)C2CCNCC2)C1c1cccs1. The summed E-state index contributed by atoms with van der Waals surface area (Å²) >= 11 is 1.53. The van der Waals surface area contributed by atoms with Gasteiger partial charge in [0.15, 0.2) is 0 Å². The van der Waals surface area contributed by atoms with Gasteiger partial charge in [0.1, 0.15) is 6.04 Å². The van der Waals surface area contributed by atoms with Crippen molar-refractivity contribution in [3.63, 3.8) is 0 Å². The Morgan fingerprint density at radius 3 is 2.71 bits per heavy atom. The van der Waals surface area contributed by atoms with Crippen LogP contribution in [0.2, 0.25) is 0 Å². The second kappa shape index (κ2) is 7.24. The lowest BCUT2D eigenvalue weighted by Crippen LogP contribution is -2.54. The van der Waals surface area contributed by atoms with Crippen LogP contribution in [0.15, 0.2) is 17.5 Å². The number of rotatable bonds is 2. The number of halogens is 1. The minimum absolute atomic E-state index is 0. The highest BCUT2D eigenvalue weighted by Gasteiger charge is 2.37. The Bertz CT molecular complexity index is 488. The highest BCUT2D eigenvalue weighted by Crippen LogP contribution is 2.29. The number of hydrogen-bond donors (Lipinski definition) is 2. The molecule has 3 heterocycles. The van der Waals surface area contributed by atoms with E-state index in [1.807, 2.05) is 17.5 Å². The molecule has 1 aromatic heterocycles. The maximum Gasteiger partial charge on any atom is 0.248 e. The summed E-state index contributed by atoms with van der Waals surface area (Å²) in [6.45, 7) is 2.94. The van der Waals surface area contributed by atoms with E-state index in [0.717, 1.165) is 30.8 Å². The smallest absolute Gasteiger partial charge is 0.248 e. The fraction of sp³-hybridized carbons (Fsp3) is 0.571. The summed E-state index contributed by atoms with van der Waals surface area (Å²) in [6.07, 6.45) is 1.74. The van der Waals surface area contributed by atoms with Crippen molar-refractivity contribution in [2.24, 2.45) is 5.92 Å². The van der Waals surface area contributed by atoms with E-state index >= 15 is 0 Å². The van der Waals surface area contributed by atoms with Crippen LogP contribution >= 0.6 is 23.7 Å². The molecule has 0 aliphatic carbocycles. The van der Waals surface area contributed by atoms with E-state index in [0.29, 0.717) is 13.1 Å². The minimum atomic E-state index is -0.439. The lowest BCUT2D eigenvalue weighted by molar-refractivity contribution is -0.147. The second-order valence-corrected chi connectivity index (χ2v) is 6.24. The summed E-state index contributed by atoms with van der Waals surface area (Å²) in [5, 5.41) is 8.09. The Balaban J connectivity index is 0.00000161. The van der Waals surface area contributed by atoms with Gasteiger partial charge in [-0.1, -0.05) is 6.07 Å². The number of carbonyl (C=O) groups excluding carboxylic acids is 2. The Hall–Kier alpha value is -1.11. The van der Waals surface area contributed by atoms with Crippen LogP contribution in [0.4, 0.5) is 0 Å². The van der Waals surface area contributed by atoms with E-state index in [9.17, 15) is 9.59 Å². The zero-order chi connectivity index (χ0) is 13.9. The molecule has 0 bridgehead atoms. The Kier molecular flexibility index (Phi) is 5.61. The molecule has 1 unspecified atom stereocenters. The molecule has 0 aromatic carbocycles. The van der Waals surface area contributed by atoms with E-state index in [1.165, 1.54) is 11.3 Å². The summed E-state index contributed by atoms with van der Waals surface area (Å²) in [4.78, 5) is 27.6. The third-order valence-electron chi connectivity index (χ3n) is 4.00. The summed E-state index contributed by atoms with van der Waals surface area (Å²) in [6, 6.07) is 3.42. The van der Waals surface area contributed by atoms with Gasteiger partial charge in [0, 0.05) is 23.9 Å². The zero-order valence-corrected chi connectivity index (χ0v) is 13.3. The average Bonchev–Trinajstić information content (AvgIpc) is 3.01. The molecule has 7 heteroatoms. The molecule has 0 spiro atoms. The van der Waals surface area contributed by atoms with E-state index in [4.69, 9.17) is 0 Å². The van der Waals surface area contributed by atoms with Crippen molar-refractivity contribution in [2.45, 2.75) is 18.9 Å². The lowest BCUT2D eigenvalue weighted by Gasteiger charge is -2.37. The Labute approximate surface area is 134 Å². The molecule has 0 radical (unpaired) electrons. The number of amides is 2. The van der Waals surface area contributed by atoms with E-state index < -0.39 is 6.04 Å². The van der Waals surface area contributed by atoms with Crippen molar-refractivity contribution < 1.29 is 9.59 Å². The molecule has 1 atom stereocenters. The number of nitrogens with zero attached hydrogens (tertiary/aromatic N) is 1. The number of piperazine rings is 1. The summed E-state index contributed by atoms with van der Waals surface area (Å²) < 4.78 is 0. The van der Waals surface area contributed by atoms with Crippen LogP contribution in [0.5, 0.6) is 0 Å². The monoisotopic (exact) mass is 329 g/mol. The van der Waals surface area contributed by atoms with Gasteiger partial charge in [0.05, 0.1) is 0 Å². The molecular weight excluding hydrogens is 310 g/mol. The number of hydrogen-bond acceptors (Lipinski definition) is 4. The van der Waals surface area contributed by atoms with Crippen molar-refractivity contribution in [3.8, 4) is 0 Å². The molecule has 21 heavy (non-hydrogen) atoms. The van der Waals surface area contributed by atoms with Gasteiger partial charge in [0.25, 0.3) is 0 Å². The van der Waals surface area contributed by atoms with Crippen LogP contribution < -0.4 is 10.6 Å². The molecule has 116 valence electrons. The van der Waals surface area contributed by atoms with Gasteiger partial charge in [-0.05, 0) is 37.4 Å². The molecule has 0 saturated carbocycles. The standard InChI is InChI=1S/C14H19N3O2S.ClH/c18-13-12(11-2-1-9-20-11)17(8-7-16-13)14(19)10-3-5-15-6-4-10;/h1-2,9-10,12,15H,3-8H2,(H,16,18);1H. The van der Waals surface area contributed by atoms with Gasteiger partial charge >= 0.3 is 0 Å². The van der Waals surface area contributed by atoms with Gasteiger partial charge in [-0.3, -0.25) is 9.59 Å². The first-order valence-corrected chi connectivity index (χ1v) is 7.97. The van der Waals surface area contributed by atoms with Crippen molar-refractivity contribution in [1.29, 1.82) is 0 Å². The number of carbonyl (C=O) groups is 2. The molecule has 1 aromatic rings. The van der Waals surface area contributed by atoms with Crippen LogP contribution in [0.1, 0.15) is 23.8 Å². The molecule has 2 aliphatic rings. The van der Waals surface area contributed by atoms with E-state index in [2.05, 4.69) is 10.6 Å². The Morgan fingerprint density at radius 1 is 1.29 bits per heavy atom. The fourth-order valence-corrected chi connectivity index (χ4v) is 3.77. The summed E-state index contributed by atoms with van der Waals surface area (Å²) in [5.41, 5.74) is 0. The first-order chi connectivity index (χ1) is 9.77. The van der Waals surface area contributed by atoms with Crippen LogP contribution in [0, 0.1) is 5.92 Å². The quantitative estimate of drug-likeness (QED) is 0.856. The zero-order valence-electron chi connectivity index (χ0n) is 11.7. The predicted octanol–water partition coefficient (Wildman–Crippen LogP) is 1.17. The highest BCUT2D eigenvalue weighted by molar-refractivity contribution is 7.10. The molecule has 2 saturated heterocycles. The molecule has 3 rings (SSSR count). The van der Waals surface area contributed by atoms with Gasteiger partial charge in [-0.15, -0.1) is 23.7 Å². The van der Waals surface area contributed by atoms with Crippen molar-refractivity contribution in [2.75, 3.05) is 26.2 Å². The largest absolute Gasteiger partial charge is 0.352 e. The average molecular weight is 330 g/mol. The normalized spacial score (nSPS) is 23.3. The van der Waals surface area contributed by atoms with Crippen LogP contribution in [-0.4, -0.2) is 42.9 Å². The highest BCUT2D eigenvalue weighted by atomic mass is 35.5. The second-order valence-electron chi connectivity index (χ2n) is 5.26. The van der Waals surface area contributed by atoms with Gasteiger partial charge < -0.3 is 15.5 Å².